The molecule has 2 fully saturated rings. The van der Waals surface area contributed by atoms with E-state index in [1.807, 2.05) is 0 Å². The second-order valence-electron chi connectivity index (χ2n) is 8.88. The van der Waals surface area contributed by atoms with Crippen LogP contribution in [0.25, 0.3) is 0 Å². The van der Waals surface area contributed by atoms with Crippen LogP contribution >= 0.6 is 7.82 Å². The number of aliphatic hydroxyl groups is 4. The third kappa shape index (κ3) is 8.64. The van der Waals surface area contributed by atoms with Gasteiger partial charge in [-0.25, -0.2) is 13.9 Å². The Balaban J connectivity index is 2.22. The number of nitrogens with two attached hydrogens (primary N) is 2. The fraction of sp³-hybridized carbons (Fsp3) is 0.762. The van der Waals surface area contributed by atoms with E-state index in [0.717, 1.165) is 14.2 Å². The topological polar surface area (TPSA) is 287 Å². The van der Waals surface area contributed by atoms with Gasteiger partial charge in [-0.3, -0.25) is 19.3 Å². The van der Waals surface area contributed by atoms with Crippen molar-refractivity contribution >= 4 is 25.5 Å². The lowest BCUT2D eigenvalue weighted by Gasteiger charge is -2.45. The smallest absolute Gasteiger partial charge is 0.465 e. The molecule has 2 rings (SSSR count). The number of methoxy groups -OCH3 is 1. The number of carbonyl (C=O) groups is 2. The molecule has 19 heteroatoms. The molecule has 18 nitrogen and oxygen atoms in total. The largest absolute Gasteiger partial charge is 0.477 e. The van der Waals surface area contributed by atoms with Gasteiger partial charge in [-0.15, -0.1) is 0 Å². The summed E-state index contributed by atoms with van der Waals surface area (Å²) in [6.45, 7) is -1.34. The number of aliphatic hydroxyl groups excluding tert-OH is 4. The zero-order valence-electron chi connectivity index (χ0n) is 22.0. The first-order chi connectivity index (χ1) is 18.8. The lowest BCUT2D eigenvalue weighted by molar-refractivity contribution is -0.273. The molecule has 11 N–H and O–H groups in total. The molecule has 0 aromatic rings. The normalized spacial score (nSPS) is 33.8. The van der Waals surface area contributed by atoms with Crippen molar-refractivity contribution in [3.05, 3.63) is 12.3 Å². The van der Waals surface area contributed by atoms with Crippen molar-refractivity contribution in [2.45, 2.75) is 67.8 Å². The summed E-state index contributed by atoms with van der Waals surface area (Å²) in [5, 5.41) is 52.9. The van der Waals surface area contributed by atoms with Gasteiger partial charge in [-0.2, -0.15) is 0 Å². The molecule has 230 valence electrons. The highest BCUT2D eigenvalue weighted by Crippen LogP contribution is 2.55. The molecule has 0 aromatic carbocycles. The molecule has 9 atom stereocenters. The van der Waals surface area contributed by atoms with Crippen molar-refractivity contribution in [1.29, 1.82) is 5.41 Å². The van der Waals surface area contributed by atoms with Crippen molar-refractivity contribution in [3.8, 4) is 0 Å². The zero-order chi connectivity index (χ0) is 30.1. The summed E-state index contributed by atoms with van der Waals surface area (Å²) in [5.41, 5.74) is 10.5. The average molecular weight is 600 g/mol. The second-order valence-corrected chi connectivity index (χ2v) is 10.6. The monoisotopic (exact) mass is 599 g/mol. The number of hydrogen-bond acceptors (Lipinski definition) is 16. The van der Waals surface area contributed by atoms with Gasteiger partial charge in [0.15, 0.2) is 6.23 Å². The predicted molar refractivity (Wildman–Crippen MR) is 134 cm³/mol. The third-order valence-electron chi connectivity index (χ3n) is 6.06. The number of carbonyl (C=O) groups excluding carboxylic acids is 2. The van der Waals surface area contributed by atoms with Crippen LogP contribution in [0.5, 0.6) is 0 Å². The van der Waals surface area contributed by atoms with Crippen molar-refractivity contribution < 1.29 is 62.4 Å². The molecule has 40 heavy (non-hydrogen) atoms. The highest BCUT2D eigenvalue weighted by molar-refractivity contribution is 7.48. The van der Waals surface area contributed by atoms with Gasteiger partial charge < -0.3 is 56.7 Å². The maximum absolute atomic E-state index is 13.5. The van der Waals surface area contributed by atoms with Gasteiger partial charge >= 0.3 is 13.8 Å². The van der Waals surface area contributed by atoms with Crippen LogP contribution in [-0.4, -0.2) is 121 Å². The number of esters is 1. The SMILES string of the molecule is COC(=O)C1(OP(=O)(OC)OCC2OC(N/C=C\C(=N)N)C(O)C2O)CC(O)C(NC(=O)CN)C(CCCO)O1. The first-order valence-electron chi connectivity index (χ1n) is 12.2. The summed E-state index contributed by atoms with van der Waals surface area (Å²) in [4.78, 5) is 24.8. The maximum atomic E-state index is 13.5. The molecule has 1 amide bonds. The molecule has 0 aromatic heterocycles. The summed E-state index contributed by atoms with van der Waals surface area (Å²) in [7, 11) is -2.80. The molecule has 2 heterocycles. The average Bonchev–Trinajstić information content (AvgIpc) is 3.19. The van der Waals surface area contributed by atoms with E-state index in [1.165, 1.54) is 12.3 Å². The molecular formula is C21H38N5O13P. The number of phosphoric acid groups is 1. The number of hydrogen-bond donors (Lipinski definition) is 9. The second kappa shape index (κ2) is 15.1. The number of phosphoric ester groups is 1. The Labute approximate surface area is 230 Å². The van der Waals surface area contributed by atoms with Gasteiger partial charge in [-0.1, -0.05) is 0 Å². The Bertz CT molecular complexity index is 958. The molecular weight excluding hydrogens is 561 g/mol. The van der Waals surface area contributed by atoms with Gasteiger partial charge in [0.2, 0.25) is 5.91 Å². The van der Waals surface area contributed by atoms with Crippen molar-refractivity contribution in [1.82, 2.24) is 10.6 Å². The zero-order valence-corrected chi connectivity index (χ0v) is 22.9. The van der Waals surface area contributed by atoms with E-state index in [-0.39, 0.29) is 25.3 Å². The van der Waals surface area contributed by atoms with Crippen LogP contribution in [0.3, 0.4) is 0 Å². The van der Waals surface area contributed by atoms with E-state index < -0.39 is 87.8 Å². The van der Waals surface area contributed by atoms with Crippen molar-refractivity contribution in [3.63, 3.8) is 0 Å². The first-order valence-corrected chi connectivity index (χ1v) is 13.6. The van der Waals surface area contributed by atoms with Gasteiger partial charge in [-0.05, 0) is 18.9 Å². The van der Waals surface area contributed by atoms with Crippen LogP contribution in [0.1, 0.15) is 19.3 Å². The summed E-state index contributed by atoms with van der Waals surface area (Å²) in [5.74, 6) is -4.65. The van der Waals surface area contributed by atoms with Gasteiger partial charge in [0.25, 0.3) is 5.79 Å². The minimum Gasteiger partial charge on any atom is -0.465 e. The molecule has 0 saturated carbocycles. The molecule has 0 aliphatic carbocycles. The minimum atomic E-state index is -4.73. The Hall–Kier alpha value is -2.22. The maximum Gasteiger partial charge on any atom is 0.477 e. The van der Waals surface area contributed by atoms with Crippen LogP contribution in [0.4, 0.5) is 0 Å². The number of amidine groups is 1. The Morgan fingerprint density at radius 3 is 2.50 bits per heavy atom. The molecule has 2 saturated heterocycles. The Morgan fingerprint density at radius 2 is 1.93 bits per heavy atom. The molecule has 0 spiro atoms. The number of nitrogens with one attached hydrogen (secondary N) is 3. The van der Waals surface area contributed by atoms with Crippen LogP contribution < -0.4 is 22.1 Å². The fourth-order valence-corrected chi connectivity index (χ4v) is 5.20. The van der Waals surface area contributed by atoms with Crippen LogP contribution in [0.15, 0.2) is 12.3 Å². The number of amides is 1. The predicted octanol–water partition coefficient (Wildman–Crippen LogP) is -3.50. The summed E-state index contributed by atoms with van der Waals surface area (Å²) in [6, 6.07) is -1.07. The number of rotatable bonds is 15. The van der Waals surface area contributed by atoms with Gasteiger partial charge in [0, 0.05) is 26.3 Å². The fourth-order valence-electron chi connectivity index (χ4n) is 4.08. The molecule has 0 bridgehead atoms. The van der Waals surface area contributed by atoms with E-state index in [4.69, 9.17) is 44.7 Å². The Kier molecular flexibility index (Phi) is 12.9. The van der Waals surface area contributed by atoms with E-state index in [1.54, 1.807) is 0 Å². The van der Waals surface area contributed by atoms with E-state index >= 15 is 0 Å². The van der Waals surface area contributed by atoms with E-state index in [0.29, 0.717) is 0 Å². The van der Waals surface area contributed by atoms with Gasteiger partial charge in [0.1, 0.15) is 24.1 Å². The summed E-state index contributed by atoms with van der Waals surface area (Å²) in [6.07, 6.45) is -6.15. The van der Waals surface area contributed by atoms with Crippen molar-refractivity contribution in [2.24, 2.45) is 11.5 Å². The molecule has 2 aliphatic rings. The Morgan fingerprint density at radius 1 is 1.23 bits per heavy atom. The van der Waals surface area contributed by atoms with Gasteiger partial charge in [0.05, 0.1) is 38.5 Å². The minimum absolute atomic E-state index is 0.0236. The number of ether oxygens (including phenoxy) is 3. The highest BCUT2D eigenvalue weighted by Gasteiger charge is 2.58. The third-order valence-corrected chi connectivity index (χ3v) is 7.49. The highest BCUT2D eigenvalue weighted by atomic mass is 31.2. The van der Waals surface area contributed by atoms with Crippen LogP contribution in [-0.2, 0) is 41.9 Å². The van der Waals surface area contributed by atoms with Crippen molar-refractivity contribution in [2.75, 3.05) is 34.0 Å². The summed E-state index contributed by atoms with van der Waals surface area (Å²) < 4.78 is 45.2. The first kappa shape index (κ1) is 34.0. The van der Waals surface area contributed by atoms with E-state index in [9.17, 15) is 34.6 Å². The summed E-state index contributed by atoms with van der Waals surface area (Å²) >= 11 is 0. The molecule has 9 unspecified atom stereocenters. The van der Waals surface area contributed by atoms with Crippen LogP contribution in [0.2, 0.25) is 0 Å². The van der Waals surface area contributed by atoms with Crippen LogP contribution in [0, 0.1) is 5.41 Å². The molecule has 2 aliphatic heterocycles. The lowest BCUT2D eigenvalue weighted by atomic mass is 9.90. The van der Waals surface area contributed by atoms with E-state index in [2.05, 4.69) is 10.6 Å². The lowest BCUT2D eigenvalue weighted by Crippen LogP contribution is -2.64. The molecule has 0 radical (unpaired) electrons. The quantitative estimate of drug-likeness (QED) is 0.0382. The standard InChI is InChI=1S/C21H38N5O13P/c1-34-20(32)21(8-11(28)16(26-15(29)9-22)12(38-21)4-3-7-27)39-40(33,35-2)36-10-13-17(30)18(31)19(37-13)25-6-5-14(23)24/h5-6,11-13,16-19,25,27-28,30-31H,3-4,7-10,22H2,1-2H3,(H3,23,24)(H,26,29)/b6-5-.